The molecule has 1 fully saturated rings. The van der Waals surface area contributed by atoms with E-state index in [9.17, 15) is 18.0 Å². The minimum atomic E-state index is -3.61. The fourth-order valence-electron chi connectivity index (χ4n) is 3.77. The zero-order valence-electron chi connectivity index (χ0n) is 17.3. The molecule has 0 unspecified atom stereocenters. The Balaban J connectivity index is 1.38. The number of anilines is 1. The number of halogens is 1. The van der Waals surface area contributed by atoms with Crippen LogP contribution < -0.4 is 15.0 Å². The highest BCUT2D eigenvalue weighted by atomic mass is 35.5. The van der Waals surface area contributed by atoms with E-state index in [2.05, 4.69) is 5.32 Å². The molecule has 32 heavy (non-hydrogen) atoms. The van der Waals surface area contributed by atoms with Crippen molar-refractivity contribution in [2.24, 2.45) is 0 Å². The maximum atomic E-state index is 12.8. The molecule has 0 atom stereocenters. The van der Waals surface area contributed by atoms with Gasteiger partial charge in [-0.1, -0.05) is 11.6 Å². The minimum Gasteiger partial charge on any atom is -0.497 e. The van der Waals surface area contributed by atoms with Crippen LogP contribution in [0.1, 0.15) is 12.8 Å². The lowest BCUT2D eigenvalue weighted by Gasteiger charge is -2.32. The Hall–Kier alpha value is -2.88. The maximum Gasteiger partial charge on any atom is 0.281 e. The molecule has 0 saturated carbocycles. The fourth-order valence-corrected chi connectivity index (χ4v) is 5.36. The van der Waals surface area contributed by atoms with Crippen molar-refractivity contribution in [1.29, 1.82) is 0 Å². The molecule has 1 N–H and O–H groups in total. The molecular weight excluding hydrogens is 454 g/mol. The maximum absolute atomic E-state index is 12.8. The van der Waals surface area contributed by atoms with Crippen molar-refractivity contribution in [1.82, 2.24) is 9.62 Å². The van der Waals surface area contributed by atoms with Crippen molar-refractivity contribution in [2.75, 3.05) is 25.1 Å². The first kappa shape index (κ1) is 22.3. The van der Waals surface area contributed by atoms with Crippen LogP contribution in [-0.2, 0) is 19.6 Å². The van der Waals surface area contributed by atoms with Crippen molar-refractivity contribution in [3.63, 3.8) is 0 Å². The van der Waals surface area contributed by atoms with Crippen LogP contribution in [0, 0.1) is 0 Å². The van der Waals surface area contributed by atoms with Gasteiger partial charge in [0.15, 0.2) is 0 Å². The van der Waals surface area contributed by atoms with Gasteiger partial charge in [0.2, 0.25) is 10.0 Å². The highest BCUT2D eigenvalue weighted by molar-refractivity contribution is 7.89. The van der Waals surface area contributed by atoms with Crippen LogP contribution >= 0.6 is 11.6 Å². The first-order chi connectivity index (χ1) is 15.3. The van der Waals surface area contributed by atoms with Crippen molar-refractivity contribution in [3.8, 4) is 5.75 Å². The molecule has 2 aliphatic rings. The molecule has 0 bridgehead atoms. The van der Waals surface area contributed by atoms with E-state index in [-0.39, 0.29) is 16.6 Å². The van der Waals surface area contributed by atoms with Crippen LogP contribution in [0.4, 0.5) is 5.69 Å². The third-order valence-electron chi connectivity index (χ3n) is 5.52. The Morgan fingerprint density at radius 3 is 2.22 bits per heavy atom. The summed E-state index contributed by atoms with van der Waals surface area (Å²) in [6, 6.07) is 12.6. The number of rotatable bonds is 6. The van der Waals surface area contributed by atoms with Gasteiger partial charge in [0.05, 0.1) is 17.7 Å². The number of piperidine rings is 1. The van der Waals surface area contributed by atoms with E-state index in [0.717, 1.165) is 4.90 Å². The molecule has 0 aliphatic carbocycles. The van der Waals surface area contributed by atoms with Gasteiger partial charge in [-0.15, -0.1) is 0 Å². The highest BCUT2D eigenvalue weighted by Crippen LogP contribution is 2.26. The molecule has 2 aliphatic heterocycles. The van der Waals surface area contributed by atoms with E-state index < -0.39 is 21.8 Å². The Morgan fingerprint density at radius 1 is 1.00 bits per heavy atom. The minimum absolute atomic E-state index is 0.120. The Morgan fingerprint density at radius 2 is 1.62 bits per heavy atom. The largest absolute Gasteiger partial charge is 0.497 e. The van der Waals surface area contributed by atoms with E-state index >= 15 is 0 Å². The van der Waals surface area contributed by atoms with Gasteiger partial charge in [0, 0.05) is 30.2 Å². The number of hydrogen-bond acceptors (Lipinski definition) is 6. The second-order valence-electron chi connectivity index (χ2n) is 7.51. The second kappa shape index (κ2) is 8.93. The van der Waals surface area contributed by atoms with Crippen molar-refractivity contribution >= 4 is 39.1 Å². The Bertz CT molecular complexity index is 1160. The summed E-state index contributed by atoms with van der Waals surface area (Å²) >= 11 is 5.85. The third kappa shape index (κ3) is 4.36. The Kier molecular flexibility index (Phi) is 6.23. The summed E-state index contributed by atoms with van der Waals surface area (Å²) in [7, 11) is -2.07. The smallest absolute Gasteiger partial charge is 0.281 e. The van der Waals surface area contributed by atoms with Gasteiger partial charge in [-0.3, -0.25) is 9.59 Å². The summed E-state index contributed by atoms with van der Waals surface area (Å²) in [5.41, 5.74) is 0.669. The van der Waals surface area contributed by atoms with Gasteiger partial charge in [-0.25, -0.2) is 13.3 Å². The quantitative estimate of drug-likeness (QED) is 0.645. The normalized spacial score (nSPS) is 18.1. The number of carbonyl (C=O) groups is 2. The van der Waals surface area contributed by atoms with E-state index in [1.165, 1.54) is 29.6 Å². The van der Waals surface area contributed by atoms with Gasteiger partial charge in [-0.05, 0) is 61.4 Å². The zero-order valence-corrected chi connectivity index (χ0v) is 18.9. The topological polar surface area (TPSA) is 96.0 Å². The van der Waals surface area contributed by atoms with Crippen LogP contribution in [0.3, 0.4) is 0 Å². The average Bonchev–Trinajstić information content (AvgIpc) is 3.07. The number of imide groups is 1. The molecule has 0 spiro atoms. The number of ether oxygens (including phenoxy) is 1. The summed E-state index contributed by atoms with van der Waals surface area (Å²) in [5.74, 6) is -0.235. The van der Waals surface area contributed by atoms with Crippen LogP contribution in [0.25, 0.3) is 0 Å². The molecule has 2 aromatic rings. The van der Waals surface area contributed by atoms with E-state index in [0.29, 0.717) is 42.4 Å². The second-order valence-corrected chi connectivity index (χ2v) is 9.89. The first-order valence-electron chi connectivity index (χ1n) is 10.1. The summed E-state index contributed by atoms with van der Waals surface area (Å²) in [6.45, 7) is 0.612. The van der Waals surface area contributed by atoms with Crippen molar-refractivity contribution < 1.29 is 22.7 Å². The number of methoxy groups -OCH3 is 1. The number of nitrogens with zero attached hydrogens (tertiary/aromatic N) is 2. The van der Waals surface area contributed by atoms with Gasteiger partial charge < -0.3 is 10.1 Å². The SMILES string of the molecule is COc1ccc(N2C(=O)C=C(NC3CCN(S(=O)(=O)c4ccc(Cl)cc4)CC3)C2=O)cc1. The Labute approximate surface area is 191 Å². The number of nitrogens with one attached hydrogen (secondary N) is 1. The number of carbonyl (C=O) groups excluding carboxylic acids is 2. The zero-order chi connectivity index (χ0) is 22.9. The van der Waals surface area contributed by atoms with E-state index in [4.69, 9.17) is 16.3 Å². The molecule has 2 aromatic carbocycles. The molecule has 10 heteroatoms. The van der Waals surface area contributed by atoms with Crippen molar-refractivity contribution in [3.05, 3.63) is 65.3 Å². The number of sulfonamides is 1. The van der Waals surface area contributed by atoms with Crippen LogP contribution in [0.15, 0.2) is 65.2 Å². The molecule has 1 saturated heterocycles. The highest BCUT2D eigenvalue weighted by Gasteiger charge is 2.35. The van der Waals surface area contributed by atoms with E-state index in [1.807, 2.05) is 0 Å². The van der Waals surface area contributed by atoms with Crippen LogP contribution in [0.5, 0.6) is 5.75 Å². The molecule has 0 radical (unpaired) electrons. The number of hydrogen-bond donors (Lipinski definition) is 1. The molecule has 2 heterocycles. The lowest BCUT2D eigenvalue weighted by atomic mass is 10.1. The summed E-state index contributed by atoms with van der Waals surface area (Å²) < 4.78 is 32.2. The van der Waals surface area contributed by atoms with Gasteiger partial charge in [0.1, 0.15) is 11.4 Å². The standard InChI is InChI=1S/C22H22ClN3O5S/c1-31-18-6-4-17(5-7-18)26-21(27)14-20(22(26)28)24-16-10-12-25(13-11-16)32(29,30)19-8-2-15(23)3-9-19/h2-9,14,16,24H,10-13H2,1H3. The van der Waals surface area contributed by atoms with Crippen molar-refractivity contribution in [2.45, 2.75) is 23.8 Å². The third-order valence-corrected chi connectivity index (χ3v) is 7.68. The lowest BCUT2D eigenvalue weighted by molar-refractivity contribution is -0.120. The average molecular weight is 476 g/mol. The molecule has 4 rings (SSSR count). The predicted octanol–water partition coefficient (Wildman–Crippen LogP) is 2.55. The molecule has 168 valence electrons. The van der Waals surface area contributed by atoms with Gasteiger partial charge in [-0.2, -0.15) is 4.31 Å². The van der Waals surface area contributed by atoms with Gasteiger partial charge in [0.25, 0.3) is 11.8 Å². The molecule has 2 amide bonds. The molecular formula is C22H22ClN3O5S. The van der Waals surface area contributed by atoms with E-state index in [1.54, 1.807) is 36.4 Å². The monoisotopic (exact) mass is 475 g/mol. The van der Waals surface area contributed by atoms with Crippen LogP contribution in [0.2, 0.25) is 5.02 Å². The summed E-state index contributed by atoms with van der Waals surface area (Å²) in [6.07, 6.45) is 2.30. The molecule has 0 aromatic heterocycles. The fraction of sp³-hybridized carbons (Fsp3) is 0.273. The summed E-state index contributed by atoms with van der Waals surface area (Å²) in [5, 5.41) is 3.60. The lowest BCUT2D eigenvalue weighted by Crippen LogP contribution is -2.45. The number of benzene rings is 2. The molecule has 8 nitrogen and oxygen atoms in total. The van der Waals surface area contributed by atoms with Gasteiger partial charge >= 0.3 is 0 Å². The van der Waals surface area contributed by atoms with Crippen LogP contribution in [-0.4, -0.2) is 50.8 Å². The predicted molar refractivity (Wildman–Crippen MR) is 120 cm³/mol. The summed E-state index contributed by atoms with van der Waals surface area (Å²) in [4.78, 5) is 26.5. The number of amides is 2. The first-order valence-corrected chi connectivity index (χ1v) is 11.9.